The van der Waals surface area contributed by atoms with Gasteiger partial charge in [-0.1, -0.05) is 18.2 Å². The van der Waals surface area contributed by atoms with E-state index < -0.39 is 0 Å². The van der Waals surface area contributed by atoms with Crippen LogP contribution in [0.4, 0.5) is 5.69 Å². The summed E-state index contributed by atoms with van der Waals surface area (Å²) < 4.78 is 0. The summed E-state index contributed by atoms with van der Waals surface area (Å²) in [7, 11) is 1.55. The predicted octanol–water partition coefficient (Wildman–Crippen LogP) is 0.760. The maximum atomic E-state index is 11.6. The number of benzene rings is 1. The Morgan fingerprint density at radius 1 is 1.33 bits per heavy atom. The van der Waals surface area contributed by atoms with Crippen LogP contribution in [0.1, 0.15) is 10.4 Å². The average molecular weight is 247 g/mol. The molecule has 0 spiro atoms. The first-order valence-corrected chi connectivity index (χ1v) is 5.61. The highest BCUT2D eigenvalue weighted by Crippen LogP contribution is 2.14. The summed E-state index contributed by atoms with van der Waals surface area (Å²) in [4.78, 5) is 23.2. The average Bonchev–Trinajstić information content (AvgIpc) is 2.39. The van der Waals surface area contributed by atoms with Crippen molar-refractivity contribution in [2.24, 2.45) is 0 Å². The van der Waals surface area contributed by atoms with E-state index in [9.17, 15) is 9.59 Å². The molecule has 0 heterocycles. The number of hydrogen-bond acceptors (Lipinski definition) is 3. The normalized spacial score (nSPS) is 9.61. The fourth-order valence-electron chi connectivity index (χ4n) is 1.41. The van der Waals surface area contributed by atoms with Crippen molar-refractivity contribution in [3.8, 4) is 0 Å². The van der Waals surface area contributed by atoms with E-state index in [1.807, 2.05) is 0 Å². The molecule has 5 heteroatoms. The van der Waals surface area contributed by atoms with Crippen molar-refractivity contribution >= 4 is 17.5 Å². The van der Waals surface area contributed by atoms with Crippen molar-refractivity contribution < 1.29 is 9.59 Å². The zero-order valence-corrected chi connectivity index (χ0v) is 10.3. The zero-order valence-electron chi connectivity index (χ0n) is 10.3. The smallest absolute Gasteiger partial charge is 0.253 e. The van der Waals surface area contributed by atoms with Crippen LogP contribution in [0.3, 0.4) is 0 Å². The molecule has 96 valence electrons. The van der Waals surface area contributed by atoms with Crippen LogP contribution < -0.4 is 16.0 Å². The highest BCUT2D eigenvalue weighted by Gasteiger charge is 2.10. The number of nitrogens with one attached hydrogen (secondary N) is 3. The van der Waals surface area contributed by atoms with Gasteiger partial charge in [0.15, 0.2) is 0 Å². The molecule has 0 unspecified atom stereocenters. The highest BCUT2D eigenvalue weighted by molar-refractivity contribution is 6.03. The molecule has 2 amide bonds. The van der Waals surface area contributed by atoms with Crippen LogP contribution in [0.15, 0.2) is 36.9 Å². The van der Waals surface area contributed by atoms with Gasteiger partial charge in [0.2, 0.25) is 5.91 Å². The van der Waals surface area contributed by atoms with Crippen LogP contribution in [0.2, 0.25) is 0 Å². The van der Waals surface area contributed by atoms with Crippen molar-refractivity contribution in [3.05, 3.63) is 42.5 Å². The van der Waals surface area contributed by atoms with Gasteiger partial charge in [0.1, 0.15) is 0 Å². The standard InChI is InChI=1S/C13H17N3O2/c1-3-8-15-9-12(17)16-11-7-5-4-6-10(11)13(18)14-2/h3-7,15H,1,8-9H2,2H3,(H,14,18)(H,16,17). The molecule has 0 bridgehead atoms. The molecule has 0 saturated heterocycles. The largest absolute Gasteiger partial charge is 0.355 e. The minimum atomic E-state index is -0.232. The molecule has 5 nitrogen and oxygen atoms in total. The number of carbonyl (C=O) groups excluding carboxylic acids is 2. The Morgan fingerprint density at radius 3 is 2.72 bits per heavy atom. The van der Waals surface area contributed by atoms with Gasteiger partial charge in [-0.2, -0.15) is 0 Å². The van der Waals surface area contributed by atoms with E-state index in [2.05, 4.69) is 22.5 Å². The molecule has 0 saturated carbocycles. The van der Waals surface area contributed by atoms with Crippen molar-refractivity contribution in [2.75, 3.05) is 25.5 Å². The van der Waals surface area contributed by atoms with E-state index in [0.717, 1.165) is 0 Å². The first-order valence-electron chi connectivity index (χ1n) is 5.61. The highest BCUT2D eigenvalue weighted by atomic mass is 16.2. The summed E-state index contributed by atoms with van der Waals surface area (Å²) >= 11 is 0. The van der Waals surface area contributed by atoms with Crippen molar-refractivity contribution in [1.82, 2.24) is 10.6 Å². The third-order valence-electron chi connectivity index (χ3n) is 2.25. The molecule has 0 aliphatic rings. The van der Waals surface area contributed by atoms with Gasteiger partial charge in [-0.25, -0.2) is 0 Å². The van der Waals surface area contributed by atoms with Crippen LogP contribution in [0, 0.1) is 0 Å². The molecule has 0 radical (unpaired) electrons. The van der Waals surface area contributed by atoms with Gasteiger partial charge < -0.3 is 16.0 Å². The van der Waals surface area contributed by atoms with Crippen LogP contribution in [0.5, 0.6) is 0 Å². The van der Waals surface area contributed by atoms with E-state index in [1.165, 1.54) is 0 Å². The Balaban J connectivity index is 2.69. The minimum Gasteiger partial charge on any atom is -0.355 e. The molecule has 0 aromatic heterocycles. The molecule has 0 atom stereocenters. The number of hydrogen-bond donors (Lipinski definition) is 3. The second-order valence-corrected chi connectivity index (χ2v) is 3.59. The third-order valence-corrected chi connectivity index (χ3v) is 2.25. The van der Waals surface area contributed by atoms with Crippen molar-refractivity contribution in [3.63, 3.8) is 0 Å². The van der Waals surface area contributed by atoms with Gasteiger partial charge in [-0.05, 0) is 12.1 Å². The van der Waals surface area contributed by atoms with Gasteiger partial charge in [0, 0.05) is 13.6 Å². The van der Waals surface area contributed by atoms with Gasteiger partial charge in [-0.15, -0.1) is 6.58 Å². The number of para-hydroxylation sites is 1. The Morgan fingerprint density at radius 2 is 2.06 bits per heavy atom. The molecule has 1 aromatic carbocycles. The van der Waals surface area contributed by atoms with E-state index in [0.29, 0.717) is 17.8 Å². The third kappa shape index (κ3) is 4.03. The van der Waals surface area contributed by atoms with E-state index in [-0.39, 0.29) is 18.4 Å². The molecule has 0 aliphatic carbocycles. The Bertz CT molecular complexity index is 444. The van der Waals surface area contributed by atoms with Crippen LogP contribution in [-0.4, -0.2) is 32.0 Å². The first kappa shape index (κ1) is 13.9. The molecule has 1 rings (SSSR count). The predicted molar refractivity (Wildman–Crippen MR) is 71.5 cm³/mol. The number of carbonyl (C=O) groups is 2. The summed E-state index contributed by atoms with van der Waals surface area (Å²) in [6.45, 7) is 4.28. The lowest BCUT2D eigenvalue weighted by atomic mass is 10.1. The van der Waals surface area contributed by atoms with E-state index >= 15 is 0 Å². The number of amides is 2. The van der Waals surface area contributed by atoms with Crippen LogP contribution >= 0.6 is 0 Å². The van der Waals surface area contributed by atoms with Crippen molar-refractivity contribution in [2.45, 2.75) is 0 Å². The topological polar surface area (TPSA) is 70.2 Å². The second-order valence-electron chi connectivity index (χ2n) is 3.59. The van der Waals surface area contributed by atoms with Crippen molar-refractivity contribution in [1.29, 1.82) is 0 Å². The summed E-state index contributed by atoms with van der Waals surface area (Å²) in [5.74, 6) is -0.432. The monoisotopic (exact) mass is 247 g/mol. The maximum Gasteiger partial charge on any atom is 0.253 e. The summed E-state index contributed by atoms with van der Waals surface area (Å²) in [5.41, 5.74) is 0.944. The lowest BCUT2D eigenvalue weighted by molar-refractivity contribution is -0.115. The molecule has 0 aliphatic heterocycles. The molecular weight excluding hydrogens is 230 g/mol. The fraction of sp³-hybridized carbons (Fsp3) is 0.231. The second kappa shape index (κ2) is 7.24. The lowest BCUT2D eigenvalue weighted by Gasteiger charge is -2.10. The maximum absolute atomic E-state index is 11.6. The lowest BCUT2D eigenvalue weighted by Crippen LogP contribution is -2.29. The van der Waals surface area contributed by atoms with Gasteiger partial charge in [0.25, 0.3) is 5.91 Å². The Labute approximate surface area is 106 Å². The molecule has 3 N–H and O–H groups in total. The zero-order chi connectivity index (χ0) is 13.4. The first-order chi connectivity index (χ1) is 8.69. The summed E-state index contributed by atoms with van der Waals surface area (Å²) in [5, 5.41) is 8.10. The minimum absolute atomic E-state index is 0.175. The molecule has 18 heavy (non-hydrogen) atoms. The quantitative estimate of drug-likeness (QED) is 0.513. The molecule has 1 aromatic rings. The number of anilines is 1. The SMILES string of the molecule is C=CCNCC(=O)Nc1ccccc1C(=O)NC. The number of rotatable bonds is 6. The molecule has 0 fully saturated rings. The fourth-order valence-corrected chi connectivity index (χ4v) is 1.41. The van der Waals surface area contributed by atoms with Gasteiger partial charge in [0.05, 0.1) is 17.8 Å². The van der Waals surface area contributed by atoms with E-state index in [1.54, 1.807) is 37.4 Å². The van der Waals surface area contributed by atoms with E-state index in [4.69, 9.17) is 0 Å². The van der Waals surface area contributed by atoms with Gasteiger partial charge in [-0.3, -0.25) is 9.59 Å². The summed E-state index contributed by atoms with van der Waals surface area (Å²) in [6.07, 6.45) is 1.67. The van der Waals surface area contributed by atoms with Crippen LogP contribution in [0.25, 0.3) is 0 Å². The van der Waals surface area contributed by atoms with Crippen LogP contribution in [-0.2, 0) is 4.79 Å². The Kier molecular flexibility index (Phi) is 5.60. The van der Waals surface area contributed by atoms with Gasteiger partial charge >= 0.3 is 0 Å². The Hall–Kier alpha value is -2.14. The molecular formula is C13H17N3O2. The summed E-state index contributed by atoms with van der Waals surface area (Å²) in [6, 6.07) is 6.86.